The monoisotopic (exact) mass is 279 g/mol. The minimum Gasteiger partial charge on any atom is -0.448 e. The van der Waals surface area contributed by atoms with E-state index in [0.29, 0.717) is 6.61 Å². The predicted octanol–water partition coefficient (Wildman–Crippen LogP) is 0.176. The summed E-state index contributed by atoms with van der Waals surface area (Å²) in [5.74, 6) is 1.08. The fourth-order valence-corrected chi connectivity index (χ4v) is 2.76. The molecule has 1 saturated heterocycles. The topological polar surface area (TPSA) is 51.6 Å². The molecular weight excluding hydrogens is 258 g/mol. The highest BCUT2D eigenvalue weighted by Gasteiger charge is 2.27. The van der Waals surface area contributed by atoms with E-state index >= 15 is 0 Å². The molecule has 3 heterocycles. The molecule has 0 N–H and O–H groups in total. The normalized spacial score (nSPS) is 22.0. The summed E-state index contributed by atoms with van der Waals surface area (Å²) in [5, 5.41) is 0. The SMILES string of the molecule is CN1CN=C2C1=CN(CCCN1CCOC1=O)CN2C. The average molecular weight is 279 g/mol. The lowest BCUT2D eigenvalue weighted by atomic mass is 10.3. The Hall–Kier alpha value is -1.92. The second-order valence-corrected chi connectivity index (χ2v) is 5.44. The Kier molecular flexibility index (Phi) is 3.42. The number of amidine groups is 1. The lowest BCUT2D eigenvalue weighted by molar-refractivity contribution is 0.156. The zero-order valence-corrected chi connectivity index (χ0v) is 12.1. The van der Waals surface area contributed by atoms with Gasteiger partial charge < -0.3 is 24.3 Å². The molecule has 110 valence electrons. The van der Waals surface area contributed by atoms with Crippen LogP contribution in [0.4, 0.5) is 4.79 Å². The molecular formula is C13H21N5O2. The molecule has 7 nitrogen and oxygen atoms in total. The number of likely N-dealkylation sites (N-methyl/N-ethyl adjacent to an activating group) is 2. The van der Waals surface area contributed by atoms with Crippen LogP contribution < -0.4 is 0 Å². The standard InChI is InChI=1S/C13H21N5O2/c1-15-9-14-12-11(15)8-17(10-16(12)2)4-3-5-18-6-7-20-13(18)19/h8H,3-7,9-10H2,1-2H3. The first-order valence-corrected chi connectivity index (χ1v) is 7.00. The van der Waals surface area contributed by atoms with Gasteiger partial charge in [-0.3, -0.25) is 0 Å². The van der Waals surface area contributed by atoms with Gasteiger partial charge in [0, 0.05) is 33.4 Å². The van der Waals surface area contributed by atoms with Gasteiger partial charge in [0.15, 0.2) is 5.84 Å². The van der Waals surface area contributed by atoms with Crippen LogP contribution in [0.15, 0.2) is 16.9 Å². The first kappa shape index (κ1) is 13.1. The fourth-order valence-electron chi connectivity index (χ4n) is 2.76. The van der Waals surface area contributed by atoms with E-state index in [1.165, 1.54) is 5.70 Å². The Bertz CT molecular complexity index is 462. The fraction of sp³-hybridized carbons (Fsp3) is 0.692. The van der Waals surface area contributed by atoms with Crippen LogP contribution in [-0.2, 0) is 4.74 Å². The van der Waals surface area contributed by atoms with E-state index in [4.69, 9.17) is 4.74 Å². The van der Waals surface area contributed by atoms with Gasteiger partial charge in [-0.05, 0) is 6.42 Å². The summed E-state index contributed by atoms with van der Waals surface area (Å²) >= 11 is 0. The van der Waals surface area contributed by atoms with Gasteiger partial charge >= 0.3 is 6.09 Å². The highest BCUT2D eigenvalue weighted by Crippen LogP contribution is 2.20. The van der Waals surface area contributed by atoms with Crippen molar-refractivity contribution in [2.45, 2.75) is 6.42 Å². The molecule has 3 rings (SSSR count). The second kappa shape index (κ2) is 5.22. The number of hydrogen-bond acceptors (Lipinski definition) is 6. The van der Waals surface area contributed by atoms with Crippen LogP contribution in [0.5, 0.6) is 0 Å². The maximum absolute atomic E-state index is 11.3. The molecule has 0 spiro atoms. The highest BCUT2D eigenvalue weighted by atomic mass is 16.6. The molecule has 0 radical (unpaired) electrons. The number of amides is 1. The minimum absolute atomic E-state index is 0.177. The van der Waals surface area contributed by atoms with Crippen molar-refractivity contribution < 1.29 is 9.53 Å². The molecule has 0 aromatic heterocycles. The number of fused-ring (bicyclic) bond motifs is 1. The Morgan fingerprint density at radius 3 is 2.90 bits per heavy atom. The van der Waals surface area contributed by atoms with Crippen LogP contribution >= 0.6 is 0 Å². The van der Waals surface area contributed by atoms with E-state index in [1.807, 2.05) is 0 Å². The molecule has 7 heteroatoms. The van der Waals surface area contributed by atoms with Gasteiger partial charge in [-0.2, -0.15) is 0 Å². The number of carbonyl (C=O) groups is 1. The zero-order valence-electron chi connectivity index (χ0n) is 12.1. The van der Waals surface area contributed by atoms with Crippen LogP contribution in [-0.4, -0.2) is 85.2 Å². The molecule has 0 bridgehead atoms. The number of rotatable bonds is 4. The molecule has 3 aliphatic heterocycles. The van der Waals surface area contributed by atoms with Crippen LogP contribution in [0.3, 0.4) is 0 Å². The lowest BCUT2D eigenvalue weighted by Crippen LogP contribution is -2.43. The molecule has 0 aromatic rings. The molecule has 0 unspecified atom stereocenters. The molecule has 1 amide bonds. The van der Waals surface area contributed by atoms with Crippen LogP contribution in [0.1, 0.15) is 6.42 Å². The lowest BCUT2D eigenvalue weighted by Gasteiger charge is -2.35. The third kappa shape index (κ3) is 2.39. The van der Waals surface area contributed by atoms with Gasteiger partial charge in [-0.15, -0.1) is 0 Å². The largest absolute Gasteiger partial charge is 0.448 e. The third-order valence-electron chi connectivity index (χ3n) is 3.85. The average Bonchev–Trinajstić information content (AvgIpc) is 2.98. The van der Waals surface area contributed by atoms with Gasteiger partial charge in [0.2, 0.25) is 0 Å². The van der Waals surface area contributed by atoms with E-state index in [9.17, 15) is 4.79 Å². The van der Waals surface area contributed by atoms with Gasteiger partial charge in [0.1, 0.15) is 13.3 Å². The Labute approximate surface area is 119 Å². The van der Waals surface area contributed by atoms with Crippen molar-refractivity contribution in [3.63, 3.8) is 0 Å². The van der Waals surface area contributed by atoms with Crippen molar-refractivity contribution in [3.05, 3.63) is 11.9 Å². The van der Waals surface area contributed by atoms with E-state index < -0.39 is 0 Å². The molecule has 20 heavy (non-hydrogen) atoms. The summed E-state index contributed by atoms with van der Waals surface area (Å²) in [4.78, 5) is 24.2. The van der Waals surface area contributed by atoms with Crippen molar-refractivity contribution in [3.8, 4) is 0 Å². The molecule has 1 fully saturated rings. The highest BCUT2D eigenvalue weighted by molar-refractivity contribution is 5.99. The summed E-state index contributed by atoms with van der Waals surface area (Å²) in [5.41, 5.74) is 1.18. The van der Waals surface area contributed by atoms with Gasteiger partial charge in [0.05, 0.1) is 18.9 Å². The summed E-state index contributed by atoms with van der Waals surface area (Å²) in [7, 11) is 4.12. The van der Waals surface area contributed by atoms with Crippen molar-refractivity contribution in [2.75, 3.05) is 53.7 Å². The van der Waals surface area contributed by atoms with Crippen molar-refractivity contribution >= 4 is 11.9 Å². The maximum Gasteiger partial charge on any atom is 0.409 e. The second-order valence-electron chi connectivity index (χ2n) is 5.44. The number of ether oxygens (including phenoxy) is 1. The summed E-state index contributed by atoms with van der Waals surface area (Å²) < 4.78 is 4.93. The summed E-state index contributed by atoms with van der Waals surface area (Å²) in [6.07, 6.45) is 2.95. The minimum atomic E-state index is -0.177. The summed E-state index contributed by atoms with van der Waals surface area (Å²) in [6, 6.07) is 0. The first-order chi connectivity index (χ1) is 9.65. The zero-order chi connectivity index (χ0) is 14.1. The quantitative estimate of drug-likeness (QED) is 0.734. The van der Waals surface area contributed by atoms with Crippen LogP contribution in [0.2, 0.25) is 0 Å². The van der Waals surface area contributed by atoms with Crippen molar-refractivity contribution in [1.82, 2.24) is 19.6 Å². The van der Waals surface area contributed by atoms with Crippen LogP contribution in [0.25, 0.3) is 0 Å². The van der Waals surface area contributed by atoms with E-state index in [0.717, 1.165) is 45.2 Å². The van der Waals surface area contributed by atoms with E-state index in [1.54, 1.807) is 4.90 Å². The van der Waals surface area contributed by atoms with Crippen LogP contribution in [0, 0.1) is 0 Å². The van der Waals surface area contributed by atoms with E-state index in [-0.39, 0.29) is 6.09 Å². The Balaban J connectivity index is 1.53. The summed E-state index contributed by atoms with van der Waals surface area (Å²) in [6.45, 7) is 4.52. The van der Waals surface area contributed by atoms with E-state index in [2.05, 4.69) is 40.0 Å². The molecule has 0 aliphatic carbocycles. The van der Waals surface area contributed by atoms with Gasteiger partial charge in [-0.1, -0.05) is 0 Å². The smallest absolute Gasteiger partial charge is 0.409 e. The van der Waals surface area contributed by atoms with Gasteiger partial charge in [0.25, 0.3) is 0 Å². The number of carbonyl (C=O) groups excluding carboxylic acids is 1. The first-order valence-electron chi connectivity index (χ1n) is 7.00. The number of aliphatic imine (C=N–C) groups is 1. The number of cyclic esters (lactones) is 1. The Morgan fingerprint density at radius 2 is 2.15 bits per heavy atom. The molecule has 0 aromatic carbocycles. The van der Waals surface area contributed by atoms with Crippen molar-refractivity contribution in [1.29, 1.82) is 0 Å². The predicted molar refractivity (Wildman–Crippen MR) is 75.0 cm³/mol. The van der Waals surface area contributed by atoms with Crippen molar-refractivity contribution in [2.24, 2.45) is 4.99 Å². The maximum atomic E-state index is 11.3. The third-order valence-corrected chi connectivity index (χ3v) is 3.85. The molecule has 0 saturated carbocycles. The molecule has 3 aliphatic rings. The molecule has 0 atom stereocenters. The Morgan fingerprint density at radius 1 is 1.30 bits per heavy atom. The number of hydrogen-bond donors (Lipinski definition) is 0. The van der Waals surface area contributed by atoms with Gasteiger partial charge in [-0.25, -0.2) is 9.79 Å². The number of nitrogens with zero attached hydrogens (tertiary/aromatic N) is 5.